The summed E-state index contributed by atoms with van der Waals surface area (Å²) >= 11 is 0. The Morgan fingerprint density at radius 2 is 2.75 bits per heavy atom. The van der Waals surface area contributed by atoms with Gasteiger partial charge < -0.3 is 4.58 Å². The van der Waals surface area contributed by atoms with Gasteiger partial charge in [-0.25, -0.2) is 0 Å². The molecule has 0 spiro atoms. The van der Waals surface area contributed by atoms with Crippen LogP contribution in [0.2, 0.25) is 0 Å². The van der Waals surface area contributed by atoms with Crippen molar-refractivity contribution in [2.75, 3.05) is 5.75 Å². The Morgan fingerprint density at radius 3 is 3.00 bits per heavy atom. The molecule has 2 nitrogen and oxygen atoms in total. The summed E-state index contributed by atoms with van der Waals surface area (Å²) in [5.41, 5.74) is 1.63. The highest BCUT2D eigenvalue weighted by Gasteiger charge is 2.05. The van der Waals surface area contributed by atoms with E-state index in [0.717, 1.165) is 0 Å². The van der Waals surface area contributed by atoms with Crippen LogP contribution in [0.1, 0.15) is 0 Å². The van der Waals surface area contributed by atoms with E-state index >= 15 is 0 Å². The number of rotatable bonds is 1. The van der Waals surface area contributed by atoms with Gasteiger partial charge in [-0.1, -0.05) is 6.58 Å². The van der Waals surface area contributed by atoms with Crippen LogP contribution in [0.5, 0.6) is 0 Å². The number of nitrogens with zero attached hydrogens (tertiary/aromatic N) is 1. The second kappa shape index (κ2) is 2.13. The largest absolute Gasteiger partial charge is 0.329 e. The predicted octanol–water partition coefficient (Wildman–Crippen LogP) is 0.0948. The van der Waals surface area contributed by atoms with Gasteiger partial charge in [0.15, 0.2) is 0 Å². The van der Waals surface area contributed by atoms with Gasteiger partial charge in [-0.05, 0) is 0 Å². The zero-order valence-corrected chi connectivity index (χ0v) is 5.23. The fourth-order valence-corrected chi connectivity index (χ4v) is 1.35. The molecule has 44 valence electrons. The van der Waals surface area contributed by atoms with Crippen LogP contribution < -0.4 is 0 Å². The molecule has 0 saturated carbocycles. The van der Waals surface area contributed by atoms with Crippen molar-refractivity contribution in [3.8, 4) is 0 Å². The van der Waals surface area contributed by atoms with Crippen LogP contribution in [0.3, 0.4) is 0 Å². The lowest BCUT2D eigenvalue weighted by Crippen LogP contribution is -1.91. The lowest BCUT2D eigenvalue weighted by atomic mass is 10.7. The minimum Gasteiger partial charge on any atom is -0.329 e. The van der Waals surface area contributed by atoms with Gasteiger partial charge in [0.05, 0.1) is 29.3 Å². The normalized spacial score (nSPS) is 26.5. The second-order valence-electron chi connectivity index (χ2n) is 1.47. The molecule has 1 heterocycles. The van der Waals surface area contributed by atoms with Gasteiger partial charge in [-0.2, -0.15) is 0 Å². The van der Waals surface area contributed by atoms with E-state index < -0.39 is 10.8 Å². The average molecular weight is 129 g/mol. The molecule has 0 aromatic heterocycles. The Morgan fingerprint density at radius 1 is 2.00 bits per heavy atom. The van der Waals surface area contributed by atoms with E-state index in [1.165, 1.54) is 0 Å². The van der Waals surface area contributed by atoms with Crippen LogP contribution in [0.4, 0.5) is 0 Å². The molecule has 0 aromatic carbocycles. The zero-order valence-electron chi connectivity index (χ0n) is 4.41. The summed E-state index contributed by atoms with van der Waals surface area (Å²) in [6.07, 6.45) is 1.63. The molecule has 0 amide bonds. The molecule has 1 unspecified atom stereocenters. The van der Waals surface area contributed by atoms with E-state index in [0.29, 0.717) is 5.75 Å². The average Bonchev–Trinajstić information content (AvgIpc) is 2.14. The SMILES string of the molecule is C=C[N+]1=CS(=O)C[CH-]1. The second-order valence-corrected chi connectivity index (χ2v) is 2.77. The molecule has 0 N–H and O–H groups in total. The Bertz CT molecular complexity index is 162. The van der Waals surface area contributed by atoms with E-state index in [1.54, 1.807) is 16.3 Å². The lowest BCUT2D eigenvalue weighted by molar-refractivity contribution is -0.397. The molecule has 1 aliphatic heterocycles. The molecule has 1 atom stereocenters. The van der Waals surface area contributed by atoms with Crippen molar-refractivity contribution in [1.82, 2.24) is 0 Å². The van der Waals surface area contributed by atoms with E-state index in [2.05, 4.69) is 6.58 Å². The molecule has 1 aliphatic rings. The van der Waals surface area contributed by atoms with Crippen LogP contribution in [-0.4, -0.2) is 20.1 Å². The van der Waals surface area contributed by atoms with Gasteiger partial charge >= 0.3 is 0 Å². The van der Waals surface area contributed by atoms with Crippen LogP contribution in [0, 0.1) is 6.54 Å². The van der Waals surface area contributed by atoms with Gasteiger partial charge in [0, 0.05) is 0 Å². The third-order valence-corrected chi connectivity index (χ3v) is 1.86. The van der Waals surface area contributed by atoms with Gasteiger partial charge in [-0.15, -0.1) is 0 Å². The van der Waals surface area contributed by atoms with Crippen molar-refractivity contribution < 1.29 is 8.78 Å². The Kier molecular flexibility index (Phi) is 1.48. The van der Waals surface area contributed by atoms with E-state index in [1.807, 2.05) is 6.54 Å². The summed E-state index contributed by atoms with van der Waals surface area (Å²) < 4.78 is 12.3. The highest BCUT2D eigenvalue weighted by molar-refractivity contribution is 7.98. The molecule has 0 saturated heterocycles. The maximum atomic E-state index is 10.5. The Hall–Kier alpha value is -0.570. The minimum absolute atomic E-state index is 0.631. The Balaban J connectivity index is 2.70. The van der Waals surface area contributed by atoms with E-state index in [-0.39, 0.29) is 0 Å². The molecule has 0 fully saturated rings. The van der Waals surface area contributed by atoms with Crippen LogP contribution >= 0.6 is 0 Å². The molecular formula is C5H7NOS. The quantitative estimate of drug-likeness (QED) is 0.363. The molecule has 0 aromatic rings. The highest BCUT2D eigenvalue weighted by atomic mass is 32.2. The number of hydrogen-bond donors (Lipinski definition) is 0. The fourth-order valence-electron chi connectivity index (χ4n) is 0.499. The highest BCUT2D eigenvalue weighted by Crippen LogP contribution is 1.94. The molecule has 0 radical (unpaired) electrons. The third-order valence-electron chi connectivity index (χ3n) is 0.900. The summed E-state index contributed by atoms with van der Waals surface area (Å²) in [6.45, 7) is 5.34. The summed E-state index contributed by atoms with van der Waals surface area (Å²) in [6, 6.07) is 0. The van der Waals surface area contributed by atoms with Gasteiger partial charge in [0.2, 0.25) is 0 Å². The molecule has 0 aliphatic carbocycles. The first-order valence-corrected chi connectivity index (χ1v) is 3.66. The molecule has 3 heteroatoms. The van der Waals surface area contributed by atoms with Gasteiger partial charge in [0.1, 0.15) is 5.55 Å². The van der Waals surface area contributed by atoms with Crippen molar-refractivity contribution in [1.29, 1.82) is 0 Å². The first kappa shape index (κ1) is 5.56. The van der Waals surface area contributed by atoms with Crippen LogP contribution in [0.25, 0.3) is 0 Å². The van der Waals surface area contributed by atoms with Crippen molar-refractivity contribution in [2.45, 2.75) is 0 Å². The molecule has 0 bridgehead atoms. The van der Waals surface area contributed by atoms with Crippen molar-refractivity contribution >= 4 is 16.3 Å². The van der Waals surface area contributed by atoms with Gasteiger partial charge in [0.25, 0.3) is 0 Å². The maximum absolute atomic E-state index is 10.5. The summed E-state index contributed by atoms with van der Waals surface area (Å²) in [5.74, 6) is 0.631. The predicted molar refractivity (Wildman–Crippen MR) is 33.8 cm³/mol. The third kappa shape index (κ3) is 0.980. The standard InChI is InChI=1S/C5H7NOS/c1-2-6-3-4-8(7)5-6/h2-3,5H,1,4H2. The van der Waals surface area contributed by atoms with Crippen molar-refractivity contribution in [3.63, 3.8) is 0 Å². The fraction of sp³-hybridized carbons (Fsp3) is 0.200. The van der Waals surface area contributed by atoms with E-state index in [9.17, 15) is 4.21 Å². The van der Waals surface area contributed by atoms with Crippen LogP contribution in [0.15, 0.2) is 12.8 Å². The van der Waals surface area contributed by atoms with Crippen molar-refractivity contribution in [3.05, 3.63) is 19.3 Å². The zero-order chi connectivity index (χ0) is 5.98. The molecule has 1 rings (SSSR count). The first-order chi connectivity index (χ1) is 3.83. The van der Waals surface area contributed by atoms with E-state index in [4.69, 9.17) is 0 Å². The van der Waals surface area contributed by atoms with Crippen molar-refractivity contribution in [2.24, 2.45) is 0 Å². The lowest BCUT2D eigenvalue weighted by Gasteiger charge is -1.88. The molecular weight excluding hydrogens is 122 g/mol. The smallest absolute Gasteiger partial charge is 0.134 e. The first-order valence-electron chi connectivity index (χ1n) is 2.28. The topological polar surface area (TPSA) is 20.1 Å². The summed E-state index contributed by atoms with van der Waals surface area (Å²) in [5, 5.41) is 0. The molecule has 8 heavy (non-hydrogen) atoms. The van der Waals surface area contributed by atoms with Crippen LogP contribution in [-0.2, 0) is 10.8 Å². The minimum atomic E-state index is -0.779. The summed E-state index contributed by atoms with van der Waals surface area (Å²) in [4.78, 5) is 0. The summed E-state index contributed by atoms with van der Waals surface area (Å²) in [7, 11) is -0.779. The maximum Gasteiger partial charge on any atom is 0.134 e. The number of hydrogen-bond acceptors (Lipinski definition) is 1. The Labute approximate surface area is 51.0 Å². The van der Waals surface area contributed by atoms with Gasteiger partial charge in [-0.3, -0.25) is 4.21 Å². The monoisotopic (exact) mass is 129 g/mol.